The second kappa shape index (κ2) is 57.7. The summed E-state index contributed by atoms with van der Waals surface area (Å²) in [5, 5.41) is 0. The molecule has 0 fully saturated rings. The van der Waals surface area contributed by atoms with Crippen LogP contribution in [0.1, 0.15) is 303 Å². The minimum Gasteiger partial charge on any atom is -0.462 e. The van der Waals surface area contributed by atoms with E-state index in [0.29, 0.717) is 19.3 Å². The second-order valence-corrected chi connectivity index (χ2v) is 19.9. The lowest BCUT2D eigenvalue weighted by Gasteiger charge is -2.18. The Balaban J connectivity index is 4.37. The molecule has 0 rings (SSSR count). The molecule has 0 saturated carbocycles. The maximum absolute atomic E-state index is 12.9. The van der Waals surface area contributed by atoms with E-state index >= 15 is 0 Å². The van der Waals surface area contributed by atoms with Crippen LogP contribution in [0.3, 0.4) is 0 Å². The van der Waals surface area contributed by atoms with E-state index in [2.05, 4.69) is 81.5 Å². The highest BCUT2D eigenvalue weighted by Gasteiger charge is 2.19. The molecule has 6 heteroatoms. The molecule has 1 unspecified atom stereocenters. The van der Waals surface area contributed by atoms with Crippen LogP contribution in [0.25, 0.3) is 0 Å². The third-order valence-corrected chi connectivity index (χ3v) is 13.0. The minimum absolute atomic E-state index is 0.0793. The fourth-order valence-electron chi connectivity index (χ4n) is 8.48. The van der Waals surface area contributed by atoms with Crippen LogP contribution in [0.4, 0.5) is 0 Å². The van der Waals surface area contributed by atoms with E-state index in [4.69, 9.17) is 14.2 Å². The van der Waals surface area contributed by atoms with Gasteiger partial charge in [-0.05, 0) is 89.9 Å². The summed E-state index contributed by atoms with van der Waals surface area (Å²) in [5.74, 6) is -0.887. The molecule has 69 heavy (non-hydrogen) atoms. The summed E-state index contributed by atoms with van der Waals surface area (Å²) in [7, 11) is 0. The van der Waals surface area contributed by atoms with E-state index < -0.39 is 6.10 Å². The fraction of sp³-hybridized carbons (Fsp3) is 0.794. The number of esters is 3. The van der Waals surface area contributed by atoms with Crippen LogP contribution in [-0.2, 0) is 28.6 Å². The Morgan fingerprint density at radius 1 is 0.290 bits per heavy atom. The second-order valence-electron chi connectivity index (χ2n) is 19.9. The highest BCUT2D eigenvalue weighted by Crippen LogP contribution is 2.16. The number of rotatable bonds is 54. The van der Waals surface area contributed by atoms with E-state index in [1.807, 2.05) is 0 Å². The molecule has 0 saturated heterocycles. The van der Waals surface area contributed by atoms with Gasteiger partial charge in [0.15, 0.2) is 6.10 Å². The number of unbranched alkanes of at least 4 members (excludes halogenated alkanes) is 33. The minimum atomic E-state index is -0.783. The Morgan fingerprint density at radius 2 is 0.522 bits per heavy atom. The van der Waals surface area contributed by atoms with Gasteiger partial charge in [-0.1, -0.05) is 255 Å². The zero-order valence-corrected chi connectivity index (χ0v) is 45.8. The lowest BCUT2D eigenvalue weighted by Crippen LogP contribution is -2.30. The van der Waals surface area contributed by atoms with E-state index in [-0.39, 0.29) is 31.1 Å². The van der Waals surface area contributed by atoms with Crippen LogP contribution in [0.15, 0.2) is 60.8 Å². The summed E-state index contributed by atoms with van der Waals surface area (Å²) >= 11 is 0. The molecule has 0 aromatic heterocycles. The Morgan fingerprint density at radius 3 is 0.841 bits per heavy atom. The lowest BCUT2D eigenvalue weighted by molar-refractivity contribution is -0.167. The van der Waals surface area contributed by atoms with Crippen LogP contribution < -0.4 is 0 Å². The van der Waals surface area contributed by atoms with Crippen molar-refractivity contribution in [1.29, 1.82) is 0 Å². The largest absolute Gasteiger partial charge is 0.462 e. The lowest BCUT2D eigenvalue weighted by atomic mass is 10.0. The van der Waals surface area contributed by atoms with Crippen molar-refractivity contribution in [3.05, 3.63) is 60.8 Å². The fourth-order valence-corrected chi connectivity index (χ4v) is 8.48. The van der Waals surface area contributed by atoms with Crippen LogP contribution in [-0.4, -0.2) is 37.2 Å². The summed E-state index contributed by atoms with van der Waals surface area (Å²) in [5.41, 5.74) is 0. The maximum Gasteiger partial charge on any atom is 0.306 e. The highest BCUT2D eigenvalue weighted by atomic mass is 16.6. The summed E-state index contributed by atoms with van der Waals surface area (Å²) in [6.45, 7) is 6.61. The summed E-state index contributed by atoms with van der Waals surface area (Å²) in [6, 6.07) is 0. The van der Waals surface area contributed by atoms with Gasteiger partial charge in [0.25, 0.3) is 0 Å². The Kier molecular flexibility index (Phi) is 55.3. The van der Waals surface area contributed by atoms with Crippen molar-refractivity contribution >= 4 is 17.9 Å². The predicted molar refractivity (Wildman–Crippen MR) is 298 cm³/mol. The third kappa shape index (κ3) is 55.9. The molecule has 0 heterocycles. The topological polar surface area (TPSA) is 78.9 Å². The average molecular weight is 966 g/mol. The van der Waals surface area contributed by atoms with Crippen molar-refractivity contribution in [2.45, 2.75) is 309 Å². The molecule has 0 bridgehead atoms. The first-order valence-electron chi connectivity index (χ1n) is 29.8. The molecular formula is C63H112O6. The zero-order chi connectivity index (χ0) is 50.0. The Labute approximate surface area is 428 Å². The molecule has 400 valence electrons. The molecule has 6 nitrogen and oxygen atoms in total. The normalized spacial score (nSPS) is 12.4. The molecule has 0 aliphatic rings. The molecule has 1 atom stereocenters. The Bertz CT molecular complexity index is 1250. The summed E-state index contributed by atoms with van der Waals surface area (Å²) < 4.78 is 16.9. The summed E-state index contributed by atoms with van der Waals surface area (Å²) in [6.07, 6.45) is 72.0. The Hall–Kier alpha value is -2.89. The quantitative estimate of drug-likeness (QED) is 0.0262. The van der Waals surface area contributed by atoms with E-state index in [1.54, 1.807) is 0 Å². The molecule has 0 aliphatic heterocycles. The SMILES string of the molecule is CCCCC/C=C\C/C=C\CCCCCCCCCC(=O)OC(COC(=O)CCCCCCCC/C=C\C/C=C\C/C=C\CCCCCCC)COC(=O)CCCCCCCCCCCCCCC. The van der Waals surface area contributed by atoms with Gasteiger partial charge in [0.1, 0.15) is 13.2 Å². The molecule has 0 spiro atoms. The van der Waals surface area contributed by atoms with Crippen molar-refractivity contribution in [3.63, 3.8) is 0 Å². The number of allylic oxidation sites excluding steroid dienone is 10. The van der Waals surface area contributed by atoms with Crippen molar-refractivity contribution in [3.8, 4) is 0 Å². The van der Waals surface area contributed by atoms with Crippen LogP contribution in [0.5, 0.6) is 0 Å². The number of carbonyl (C=O) groups is 3. The molecule has 0 aromatic rings. The van der Waals surface area contributed by atoms with Crippen molar-refractivity contribution in [2.24, 2.45) is 0 Å². The van der Waals surface area contributed by atoms with Crippen molar-refractivity contribution < 1.29 is 28.6 Å². The zero-order valence-electron chi connectivity index (χ0n) is 45.8. The van der Waals surface area contributed by atoms with Crippen LogP contribution >= 0.6 is 0 Å². The smallest absolute Gasteiger partial charge is 0.306 e. The molecule has 0 radical (unpaired) electrons. The number of ether oxygens (including phenoxy) is 3. The van der Waals surface area contributed by atoms with Crippen molar-refractivity contribution in [2.75, 3.05) is 13.2 Å². The van der Waals surface area contributed by atoms with Gasteiger partial charge in [-0.3, -0.25) is 14.4 Å². The van der Waals surface area contributed by atoms with Gasteiger partial charge in [-0.15, -0.1) is 0 Å². The predicted octanol–water partition coefficient (Wildman–Crippen LogP) is 20.0. The van der Waals surface area contributed by atoms with E-state index in [0.717, 1.165) is 89.9 Å². The molecular weight excluding hydrogens is 853 g/mol. The van der Waals surface area contributed by atoms with Gasteiger partial charge >= 0.3 is 17.9 Å². The molecule has 0 aromatic carbocycles. The van der Waals surface area contributed by atoms with Gasteiger partial charge in [0.2, 0.25) is 0 Å². The standard InChI is InChI=1S/C63H112O6/c1-4-7-10-13-16-19-22-25-27-29-30-31-32-34-35-38-41-44-47-50-53-56-62(65)68-59-60(58-67-61(64)55-52-49-46-43-40-37-24-21-18-15-12-9-6-3)69-63(66)57-54-51-48-45-42-39-36-33-28-26-23-20-17-14-11-8-5-2/h17,20,22,25-26,28-30,32,34,60H,4-16,18-19,21,23-24,27,31,33,35-59H2,1-3H3/b20-17-,25-22-,28-26-,30-29-,34-32-. The van der Waals surface area contributed by atoms with E-state index in [9.17, 15) is 14.4 Å². The van der Waals surface area contributed by atoms with Gasteiger partial charge in [-0.25, -0.2) is 0 Å². The molecule has 0 aliphatic carbocycles. The number of hydrogen-bond acceptors (Lipinski definition) is 6. The maximum atomic E-state index is 12.9. The van der Waals surface area contributed by atoms with Gasteiger partial charge in [0.05, 0.1) is 0 Å². The average Bonchev–Trinajstić information content (AvgIpc) is 3.35. The van der Waals surface area contributed by atoms with Crippen molar-refractivity contribution in [1.82, 2.24) is 0 Å². The summed E-state index contributed by atoms with van der Waals surface area (Å²) in [4.78, 5) is 38.2. The first-order valence-corrected chi connectivity index (χ1v) is 29.8. The van der Waals surface area contributed by atoms with Crippen LogP contribution in [0.2, 0.25) is 0 Å². The van der Waals surface area contributed by atoms with Gasteiger partial charge in [0, 0.05) is 19.3 Å². The molecule has 0 amide bonds. The van der Waals surface area contributed by atoms with E-state index in [1.165, 1.54) is 173 Å². The molecule has 0 N–H and O–H groups in total. The first-order chi connectivity index (χ1) is 34.0. The third-order valence-electron chi connectivity index (χ3n) is 13.0. The highest BCUT2D eigenvalue weighted by molar-refractivity contribution is 5.71. The number of carbonyl (C=O) groups excluding carboxylic acids is 3. The monoisotopic (exact) mass is 965 g/mol. The first kappa shape index (κ1) is 66.1. The number of hydrogen-bond donors (Lipinski definition) is 0. The van der Waals surface area contributed by atoms with Gasteiger partial charge in [-0.2, -0.15) is 0 Å². The van der Waals surface area contributed by atoms with Crippen LogP contribution in [0, 0.1) is 0 Å². The van der Waals surface area contributed by atoms with Gasteiger partial charge < -0.3 is 14.2 Å².